The third-order valence-corrected chi connectivity index (χ3v) is 6.42. The van der Waals surface area contributed by atoms with Crippen LogP contribution in [0.1, 0.15) is 83.9 Å². The molecule has 0 unspecified atom stereocenters. The van der Waals surface area contributed by atoms with Gasteiger partial charge in [-0.2, -0.15) is 0 Å². The third-order valence-electron chi connectivity index (χ3n) is 6.42. The molecule has 0 aromatic heterocycles. The smallest absolute Gasteiger partial charge is 0.00438 e. The van der Waals surface area contributed by atoms with E-state index in [0.29, 0.717) is 16.2 Å². The largest absolute Gasteiger partial charge is 0.0651 e. The number of rotatable bonds is 2. The van der Waals surface area contributed by atoms with Gasteiger partial charge in [0.2, 0.25) is 0 Å². The average Bonchev–Trinajstić information content (AvgIpc) is 3.08. The van der Waals surface area contributed by atoms with Crippen molar-refractivity contribution in [2.24, 2.45) is 5.92 Å². The van der Waals surface area contributed by atoms with E-state index in [1.165, 1.54) is 25.7 Å². The number of fused-ring (bicyclic) bond motifs is 1. The van der Waals surface area contributed by atoms with Crippen molar-refractivity contribution in [3.8, 4) is 0 Å². The molecule has 2 aliphatic carbocycles. The van der Waals surface area contributed by atoms with Crippen LogP contribution in [0.4, 0.5) is 0 Å². The molecular weight excluding hydrogens is 240 g/mol. The lowest BCUT2D eigenvalue weighted by molar-refractivity contribution is 0.331. The van der Waals surface area contributed by atoms with Gasteiger partial charge in [0.25, 0.3) is 0 Å². The molecule has 110 valence electrons. The summed E-state index contributed by atoms with van der Waals surface area (Å²) in [5.74, 6) is 0.903. The average molecular weight is 270 g/mol. The van der Waals surface area contributed by atoms with Crippen LogP contribution in [0.5, 0.6) is 0 Å². The summed E-state index contributed by atoms with van der Waals surface area (Å²) in [4.78, 5) is 0. The van der Waals surface area contributed by atoms with E-state index >= 15 is 0 Å². The minimum absolute atomic E-state index is 0.341. The lowest BCUT2D eigenvalue weighted by Crippen LogP contribution is -2.34. The summed E-state index contributed by atoms with van der Waals surface area (Å²) < 4.78 is 0. The normalized spacial score (nSPS) is 33.6. The van der Waals surface area contributed by atoms with Crippen LogP contribution < -0.4 is 0 Å². The molecule has 0 bridgehead atoms. The van der Waals surface area contributed by atoms with Crippen molar-refractivity contribution in [3.63, 3.8) is 0 Å². The topological polar surface area (TPSA) is 0 Å². The number of benzene rings is 1. The molecule has 0 heterocycles. The van der Waals surface area contributed by atoms with Gasteiger partial charge in [-0.1, -0.05) is 66.2 Å². The summed E-state index contributed by atoms with van der Waals surface area (Å²) in [5.41, 5.74) is 5.95. The Morgan fingerprint density at radius 3 is 2.10 bits per heavy atom. The molecule has 1 saturated carbocycles. The van der Waals surface area contributed by atoms with Gasteiger partial charge in [0, 0.05) is 0 Å². The summed E-state index contributed by atoms with van der Waals surface area (Å²) in [6.07, 6.45) is 5.32. The first-order valence-corrected chi connectivity index (χ1v) is 8.36. The lowest BCUT2D eigenvalue weighted by Gasteiger charge is -2.42. The maximum Gasteiger partial charge on any atom is -0.00438 e. The van der Waals surface area contributed by atoms with Crippen LogP contribution in [0, 0.1) is 5.92 Å². The molecule has 0 aliphatic heterocycles. The maximum absolute atomic E-state index is 2.56. The molecule has 0 nitrogen and oxygen atoms in total. The highest BCUT2D eigenvalue weighted by Gasteiger charge is 2.50. The minimum atomic E-state index is 0.341. The molecule has 0 N–H and O–H groups in total. The Morgan fingerprint density at radius 2 is 1.55 bits per heavy atom. The highest BCUT2D eigenvalue weighted by Crippen LogP contribution is 2.57. The Morgan fingerprint density at radius 1 is 0.950 bits per heavy atom. The van der Waals surface area contributed by atoms with Gasteiger partial charge in [-0.15, -0.1) is 0 Å². The molecule has 0 radical (unpaired) electrons. The Balaban J connectivity index is 2.08. The summed E-state index contributed by atoms with van der Waals surface area (Å²) >= 11 is 0. The van der Waals surface area contributed by atoms with E-state index in [1.54, 1.807) is 16.7 Å². The van der Waals surface area contributed by atoms with Gasteiger partial charge in [-0.05, 0) is 58.1 Å². The molecule has 2 atom stereocenters. The first kappa shape index (κ1) is 14.2. The van der Waals surface area contributed by atoms with E-state index in [4.69, 9.17) is 0 Å². The van der Waals surface area contributed by atoms with E-state index in [1.807, 2.05) is 0 Å². The highest BCUT2D eigenvalue weighted by molar-refractivity contribution is 5.47. The monoisotopic (exact) mass is 270 g/mol. The summed E-state index contributed by atoms with van der Waals surface area (Å²) in [6, 6.07) is 7.44. The molecule has 3 rings (SSSR count). The molecule has 0 amide bonds. The Labute approximate surface area is 125 Å². The lowest BCUT2D eigenvalue weighted by atomic mass is 9.62. The second-order valence-electron chi connectivity index (χ2n) is 8.75. The summed E-state index contributed by atoms with van der Waals surface area (Å²) in [7, 11) is 0. The van der Waals surface area contributed by atoms with E-state index in [0.717, 1.165) is 5.92 Å². The van der Waals surface area contributed by atoms with Crippen LogP contribution in [-0.2, 0) is 16.2 Å². The number of hydrogen-bond donors (Lipinski definition) is 0. The highest BCUT2D eigenvalue weighted by atomic mass is 14.5. The quantitative estimate of drug-likeness (QED) is 0.644. The van der Waals surface area contributed by atoms with Gasteiger partial charge in [0.1, 0.15) is 0 Å². The fraction of sp³-hybridized carbons (Fsp3) is 0.700. The molecule has 0 saturated heterocycles. The molecule has 0 heteroatoms. The number of hydrogen-bond acceptors (Lipinski definition) is 0. The Hall–Kier alpha value is -0.780. The molecule has 1 fully saturated rings. The maximum atomic E-state index is 2.56. The van der Waals surface area contributed by atoms with Crippen LogP contribution in [0.25, 0.3) is 0 Å². The van der Waals surface area contributed by atoms with Crippen molar-refractivity contribution in [2.75, 3.05) is 0 Å². The van der Waals surface area contributed by atoms with Crippen molar-refractivity contribution in [2.45, 2.75) is 83.5 Å². The molecule has 0 spiro atoms. The van der Waals surface area contributed by atoms with Crippen LogP contribution in [0.3, 0.4) is 0 Å². The summed E-state index contributed by atoms with van der Waals surface area (Å²) in [6.45, 7) is 14.5. The fourth-order valence-corrected chi connectivity index (χ4v) is 4.35. The minimum Gasteiger partial charge on any atom is -0.0651 e. The van der Waals surface area contributed by atoms with Gasteiger partial charge in [0.15, 0.2) is 0 Å². The van der Waals surface area contributed by atoms with Crippen molar-refractivity contribution in [1.29, 1.82) is 0 Å². The predicted molar refractivity (Wildman–Crippen MR) is 87.5 cm³/mol. The molecule has 20 heavy (non-hydrogen) atoms. The van der Waals surface area contributed by atoms with Gasteiger partial charge in [-0.3, -0.25) is 0 Å². The molecule has 1 aromatic rings. The summed E-state index contributed by atoms with van der Waals surface area (Å²) in [5, 5.41) is 0. The van der Waals surface area contributed by atoms with Crippen LogP contribution >= 0.6 is 0 Å². The van der Waals surface area contributed by atoms with Crippen LogP contribution in [0.2, 0.25) is 0 Å². The van der Waals surface area contributed by atoms with E-state index in [2.05, 4.69) is 59.7 Å². The zero-order valence-corrected chi connectivity index (χ0v) is 14.1. The van der Waals surface area contributed by atoms with Gasteiger partial charge < -0.3 is 0 Å². The van der Waals surface area contributed by atoms with Gasteiger partial charge in [0.05, 0.1) is 0 Å². The SMILES string of the molecule is CC[C@@H]1C[C@]1(C)c1ccc2c(c1)C(C)(C)CCC2(C)C. The molecule has 2 aliphatic rings. The standard InChI is InChI=1S/C20H30/c1-7-14-13-20(14,6)15-8-9-16-17(12-15)19(4,5)11-10-18(16,2)3/h8-9,12,14H,7,10-11,13H2,1-6H3/t14-,20+/m1/s1. The van der Waals surface area contributed by atoms with Gasteiger partial charge in [-0.25, -0.2) is 0 Å². The van der Waals surface area contributed by atoms with Crippen molar-refractivity contribution in [3.05, 3.63) is 34.9 Å². The molecular formula is C20H30. The van der Waals surface area contributed by atoms with E-state index in [9.17, 15) is 0 Å². The van der Waals surface area contributed by atoms with Crippen molar-refractivity contribution in [1.82, 2.24) is 0 Å². The third kappa shape index (κ3) is 1.95. The molecule has 1 aromatic carbocycles. The first-order chi connectivity index (χ1) is 9.21. The zero-order valence-electron chi connectivity index (χ0n) is 14.1. The van der Waals surface area contributed by atoms with Crippen LogP contribution in [-0.4, -0.2) is 0 Å². The predicted octanol–water partition coefficient (Wildman–Crippen LogP) is 5.72. The second kappa shape index (κ2) is 4.12. The van der Waals surface area contributed by atoms with Crippen LogP contribution in [0.15, 0.2) is 18.2 Å². The van der Waals surface area contributed by atoms with Gasteiger partial charge >= 0.3 is 0 Å². The van der Waals surface area contributed by atoms with E-state index < -0.39 is 0 Å². The van der Waals surface area contributed by atoms with Crippen molar-refractivity contribution < 1.29 is 0 Å². The zero-order chi connectivity index (χ0) is 14.8. The Bertz CT molecular complexity index is 535. The fourth-order valence-electron chi connectivity index (χ4n) is 4.35. The second-order valence-corrected chi connectivity index (χ2v) is 8.75. The van der Waals surface area contributed by atoms with Crippen molar-refractivity contribution >= 4 is 0 Å². The first-order valence-electron chi connectivity index (χ1n) is 8.36. The Kier molecular flexibility index (Phi) is 2.92. The van der Waals surface area contributed by atoms with E-state index in [-0.39, 0.29) is 0 Å².